The van der Waals surface area contributed by atoms with Crippen LogP contribution in [0, 0.1) is 6.92 Å². The first-order valence-corrected chi connectivity index (χ1v) is 9.84. The summed E-state index contributed by atoms with van der Waals surface area (Å²) in [6.45, 7) is 1.92. The van der Waals surface area contributed by atoms with Crippen LogP contribution in [-0.4, -0.2) is 43.0 Å². The molecule has 1 N–H and O–H groups in total. The molecular weight excluding hydrogens is 348 g/mol. The van der Waals surface area contributed by atoms with Gasteiger partial charge in [0.1, 0.15) is 5.82 Å². The lowest BCUT2D eigenvalue weighted by Gasteiger charge is -2.24. The summed E-state index contributed by atoms with van der Waals surface area (Å²) in [6.07, 6.45) is 2.28. The van der Waals surface area contributed by atoms with Crippen LogP contribution in [-0.2, 0) is 9.84 Å². The molecule has 1 unspecified atom stereocenters. The molecule has 3 rings (SSSR count). The molecule has 0 aliphatic carbocycles. The highest BCUT2D eigenvalue weighted by Gasteiger charge is 2.31. The Morgan fingerprint density at radius 1 is 1.33 bits per heavy atom. The minimum Gasteiger partial charge on any atom is -0.355 e. The van der Waals surface area contributed by atoms with E-state index in [4.69, 9.17) is 11.6 Å². The van der Waals surface area contributed by atoms with Crippen molar-refractivity contribution in [1.82, 2.24) is 9.97 Å². The lowest BCUT2D eigenvalue weighted by Crippen LogP contribution is -2.33. The number of nitrogens with zero attached hydrogens (tertiary/aromatic N) is 3. The van der Waals surface area contributed by atoms with E-state index in [0.717, 1.165) is 11.3 Å². The molecule has 0 saturated carbocycles. The molecular formula is C16H19ClN4O2S. The molecule has 0 amide bonds. The summed E-state index contributed by atoms with van der Waals surface area (Å²) in [4.78, 5) is 10.6. The molecule has 8 heteroatoms. The number of benzene rings is 1. The van der Waals surface area contributed by atoms with Gasteiger partial charge in [-0.2, -0.15) is 4.98 Å². The van der Waals surface area contributed by atoms with Gasteiger partial charge in [0.15, 0.2) is 9.84 Å². The molecule has 1 aliphatic rings. The van der Waals surface area contributed by atoms with Gasteiger partial charge >= 0.3 is 0 Å². The maximum Gasteiger partial charge on any atom is 0.229 e. The molecule has 1 aromatic heterocycles. The van der Waals surface area contributed by atoms with E-state index in [-0.39, 0.29) is 17.5 Å². The van der Waals surface area contributed by atoms with Crippen LogP contribution in [0.2, 0.25) is 5.02 Å². The molecule has 2 aromatic rings. The van der Waals surface area contributed by atoms with Gasteiger partial charge in [0.25, 0.3) is 0 Å². The Bertz CT molecular complexity index is 857. The van der Waals surface area contributed by atoms with Gasteiger partial charge in [-0.1, -0.05) is 17.7 Å². The molecule has 0 bridgehead atoms. The number of anilines is 3. The normalized spacial score (nSPS) is 19.2. The maximum atomic E-state index is 11.7. The smallest absolute Gasteiger partial charge is 0.229 e. The Morgan fingerprint density at radius 2 is 2.12 bits per heavy atom. The maximum absolute atomic E-state index is 11.7. The van der Waals surface area contributed by atoms with E-state index < -0.39 is 9.84 Å². The van der Waals surface area contributed by atoms with Crippen molar-refractivity contribution in [3.8, 4) is 0 Å². The first kappa shape index (κ1) is 17.0. The summed E-state index contributed by atoms with van der Waals surface area (Å²) in [7, 11) is -1.07. The predicted octanol–water partition coefficient (Wildman–Crippen LogP) is 2.81. The third-order valence-electron chi connectivity index (χ3n) is 4.27. The van der Waals surface area contributed by atoms with Gasteiger partial charge in [-0.15, -0.1) is 0 Å². The van der Waals surface area contributed by atoms with E-state index in [0.29, 0.717) is 23.2 Å². The third-order valence-corrected chi connectivity index (χ3v) is 6.43. The molecule has 0 spiro atoms. The molecule has 0 radical (unpaired) electrons. The number of nitrogens with one attached hydrogen (secondary N) is 1. The van der Waals surface area contributed by atoms with Crippen LogP contribution in [0.5, 0.6) is 0 Å². The number of sulfone groups is 1. The Balaban J connectivity index is 1.80. The molecule has 1 saturated heterocycles. The minimum atomic E-state index is -2.93. The molecule has 24 heavy (non-hydrogen) atoms. The van der Waals surface area contributed by atoms with Crippen LogP contribution >= 0.6 is 11.6 Å². The quantitative estimate of drug-likeness (QED) is 0.896. The highest BCUT2D eigenvalue weighted by Crippen LogP contribution is 2.26. The van der Waals surface area contributed by atoms with Gasteiger partial charge in [0.05, 0.1) is 11.5 Å². The van der Waals surface area contributed by atoms with Gasteiger partial charge in [-0.3, -0.25) is 0 Å². The standard InChI is InChI=1S/C16H19ClN4O2S/c1-11-13(17)4-3-5-14(11)19-16-18-8-6-15(20-16)21(2)12-7-9-24(22,23)10-12/h3-6,8,12H,7,9-10H2,1-2H3,(H,18,19,20). The van der Waals surface area contributed by atoms with Gasteiger partial charge < -0.3 is 10.2 Å². The molecule has 128 valence electrons. The summed E-state index contributed by atoms with van der Waals surface area (Å²) in [6, 6.07) is 7.32. The zero-order valence-electron chi connectivity index (χ0n) is 13.5. The Labute approximate surface area is 146 Å². The zero-order chi connectivity index (χ0) is 17.3. The van der Waals surface area contributed by atoms with Gasteiger partial charge in [0.2, 0.25) is 5.95 Å². The first-order valence-electron chi connectivity index (χ1n) is 7.64. The second-order valence-electron chi connectivity index (χ2n) is 5.94. The van der Waals surface area contributed by atoms with Crippen molar-refractivity contribution < 1.29 is 8.42 Å². The second kappa shape index (κ2) is 6.57. The van der Waals surface area contributed by atoms with Crippen molar-refractivity contribution in [3.05, 3.63) is 41.0 Å². The van der Waals surface area contributed by atoms with Crippen molar-refractivity contribution in [2.24, 2.45) is 0 Å². The molecule has 1 aliphatic heterocycles. The fraction of sp³-hybridized carbons (Fsp3) is 0.375. The van der Waals surface area contributed by atoms with Crippen LogP contribution in [0.3, 0.4) is 0 Å². The monoisotopic (exact) mass is 366 g/mol. The topological polar surface area (TPSA) is 75.2 Å². The number of hydrogen-bond donors (Lipinski definition) is 1. The largest absolute Gasteiger partial charge is 0.355 e. The van der Waals surface area contributed by atoms with E-state index in [1.54, 1.807) is 12.3 Å². The summed E-state index contributed by atoms with van der Waals surface area (Å²) in [5, 5.41) is 3.83. The molecule has 1 aromatic carbocycles. The van der Waals surface area contributed by atoms with Crippen LogP contribution < -0.4 is 10.2 Å². The van der Waals surface area contributed by atoms with Gasteiger partial charge in [-0.05, 0) is 37.1 Å². The van der Waals surface area contributed by atoms with E-state index in [1.165, 1.54) is 0 Å². The number of halogens is 1. The van der Waals surface area contributed by atoms with E-state index in [9.17, 15) is 8.42 Å². The minimum absolute atomic E-state index is 0.0503. The highest BCUT2D eigenvalue weighted by atomic mass is 35.5. The molecule has 2 heterocycles. The number of hydrogen-bond acceptors (Lipinski definition) is 6. The first-order chi connectivity index (χ1) is 11.4. The van der Waals surface area contributed by atoms with Crippen molar-refractivity contribution in [2.75, 3.05) is 28.8 Å². The number of aromatic nitrogens is 2. The summed E-state index contributed by atoms with van der Waals surface area (Å²) in [5.74, 6) is 1.55. The van der Waals surface area contributed by atoms with Crippen LogP contribution in [0.4, 0.5) is 17.5 Å². The van der Waals surface area contributed by atoms with Crippen molar-refractivity contribution in [1.29, 1.82) is 0 Å². The Hall–Kier alpha value is -1.86. The van der Waals surface area contributed by atoms with Crippen molar-refractivity contribution >= 4 is 38.9 Å². The van der Waals surface area contributed by atoms with E-state index in [2.05, 4.69) is 15.3 Å². The lowest BCUT2D eigenvalue weighted by molar-refractivity contribution is 0.600. The zero-order valence-corrected chi connectivity index (χ0v) is 15.1. The fourth-order valence-corrected chi connectivity index (χ4v) is 4.69. The molecule has 1 atom stereocenters. The SMILES string of the molecule is Cc1c(Cl)cccc1Nc1nccc(N(C)C2CCS(=O)(=O)C2)n1. The average molecular weight is 367 g/mol. The van der Waals surface area contributed by atoms with Crippen molar-refractivity contribution in [2.45, 2.75) is 19.4 Å². The van der Waals surface area contributed by atoms with Crippen LogP contribution in [0.15, 0.2) is 30.5 Å². The van der Waals surface area contributed by atoms with Crippen LogP contribution in [0.25, 0.3) is 0 Å². The Kier molecular flexibility index (Phi) is 4.64. The third kappa shape index (κ3) is 3.62. The Morgan fingerprint density at radius 3 is 2.83 bits per heavy atom. The summed E-state index contributed by atoms with van der Waals surface area (Å²) < 4.78 is 23.3. The highest BCUT2D eigenvalue weighted by molar-refractivity contribution is 7.91. The number of rotatable bonds is 4. The van der Waals surface area contributed by atoms with Gasteiger partial charge in [0, 0.05) is 30.0 Å². The van der Waals surface area contributed by atoms with Gasteiger partial charge in [-0.25, -0.2) is 13.4 Å². The average Bonchev–Trinajstić information content (AvgIpc) is 2.91. The van der Waals surface area contributed by atoms with E-state index >= 15 is 0 Å². The molecule has 1 fully saturated rings. The second-order valence-corrected chi connectivity index (χ2v) is 8.58. The van der Waals surface area contributed by atoms with Crippen molar-refractivity contribution in [3.63, 3.8) is 0 Å². The summed E-state index contributed by atoms with van der Waals surface area (Å²) in [5.41, 5.74) is 1.76. The molecule has 6 nitrogen and oxygen atoms in total. The summed E-state index contributed by atoms with van der Waals surface area (Å²) >= 11 is 6.13. The predicted molar refractivity (Wildman–Crippen MR) is 97.0 cm³/mol. The van der Waals surface area contributed by atoms with Crippen LogP contribution in [0.1, 0.15) is 12.0 Å². The van der Waals surface area contributed by atoms with E-state index in [1.807, 2.05) is 37.1 Å². The lowest BCUT2D eigenvalue weighted by atomic mass is 10.2. The fourth-order valence-electron chi connectivity index (χ4n) is 2.74.